The van der Waals surface area contributed by atoms with Crippen LogP contribution in [0.25, 0.3) is 11.3 Å². The maximum absolute atomic E-state index is 13.1. The number of hydrogen-bond donors (Lipinski definition) is 1. The van der Waals surface area contributed by atoms with Crippen LogP contribution in [0.5, 0.6) is 5.75 Å². The molecule has 36 heavy (non-hydrogen) atoms. The van der Waals surface area contributed by atoms with E-state index in [0.29, 0.717) is 23.8 Å². The van der Waals surface area contributed by atoms with Gasteiger partial charge in [0, 0.05) is 29.8 Å². The van der Waals surface area contributed by atoms with E-state index in [1.165, 1.54) is 11.3 Å². The molecular weight excluding hydrogens is 470 g/mol. The Morgan fingerprint density at radius 2 is 1.75 bits per heavy atom. The predicted octanol–water partition coefficient (Wildman–Crippen LogP) is 6.11. The van der Waals surface area contributed by atoms with Gasteiger partial charge in [-0.3, -0.25) is 9.59 Å². The fourth-order valence-electron chi connectivity index (χ4n) is 4.45. The van der Waals surface area contributed by atoms with Crippen molar-refractivity contribution in [1.29, 1.82) is 0 Å². The first-order valence-corrected chi connectivity index (χ1v) is 12.9. The third-order valence-electron chi connectivity index (χ3n) is 6.19. The van der Waals surface area contributed by atoms with E-state index in [-0.39, 0.29) is 24.3 Å². The van der Waals surface area contributed by atoms with Crippen LogP contribution in [0, 0.1) is 0 Å². The molecule has 2 amide bonds. The summed E-state index contributed by atoms with van der Waals surface area (Å²) in [5, 5.41) is 5.44. The molecule has 5 rings (SSSR count). The van der Waals surface area contributed by atoms with Crippen LogP contribution < -0.4 is 15.0 Å². The molecule has 3 aromatic carbocycles. The lowest BCUT2D eigenvalue weighted by Gasteiger charge is -2.29. The number of aromatic nitrogens is 1. The number of nitrogens with one attached hydrogen (secondary N) is 1. The zero-order valence-electron chi connectivity index (χ0n) is 20.0. The number of nitrogens with zero attached hydrogens (tertiary/aromatic N) is 2. The van der Waals surface area contributed by atoms with Crippen LogP contribution in [-0.2, 0) is 9.59 Å². The van der Waals surface area contributed by atoms with Gasteiger partial charge in [-0.2, -0.15) is 0 Å². The topological polar surface area (TPSA) is 71.5 Å². The highest BCUT2D eigenvalue weighted by molar-refractivity contribution is 7.14. The van der Waals surface area contributed by atoms with Crippen LogP contribution in [0.15, 0.2) is 84.2 Å². The molecule has 1 aliphatic heterocycles. The number of carbonyl (C=O) groups excluding carboxylic acids is 2. The first-order chi connectivity index (χ1) is 17.6. The number of ether oxygens (including phenoxy) is 1. The summed E-state index contributed by atoms with van der Waals surface area (Å²) in [4.78, 5) is 31.8. The minimum atomic E-state index is -0.0906. The second-order valence-corrected chi connectivity index (χ2v) is 9.54. The van der Waals surface area contributed by atoms with Crippen LogP contribution >= 0.6 is 11.3 Å². The van der Waals surface area contributed by atoms with Crippen LogP contribution in [0.1, 0.15) is 36.8 Å². The van der Waals surface area contributed by atoms with Crippen molar-refractivity contribution in [2.75, 3.05) is 23.4 Å². The van der Waals surface area contributed by atoms with E-state index in [2.05, 4.69) is 34.6 Å². The molecule has 0 atom stereocenters. The van der Waals surface area contributed by atoms with Gasteiger partial charge in [0.2, 0.25) is 5.91 Å². The molecule has 7 heteroatoms. The Morgan fingerprint density at radius 3 is 2.42 bits per heavy atom. The van der Waals surface area contributed by atoms with Gasteiger partial charge in [-0.1, -0.05) is 67.6 Å². The number of rotatable bonds is 8. The van der Waals surface area contributed by atoms with Gasteiger partial charge in [-0.05, 0) is 35.7 Å². The maximum Gasteiger partial charge on any atom is 0.265 e. The highest BCUT2D eigenvalue weighted by Gasteiger charge is 2.25. The molecule has 0 spiro atoms. The lowest BCUT2D eigenvalue weighted by molar-refractivity contribution is -0.121. The minimum Gasteiger partial charge on any atom is -0.482 e. The summed E-state index contributed by atoms with van der Waals surface area (Å²) in [6.45, 7) is 2.75. The van der Waals surface area contributed by atoms with E-state index in [9.17, 15) is 9.59 Å². The molecule has 1 N–H and O–H groups in total. The predicted molar refractivity (Wildman–Crippen MR) is 144 cm³/mol. The molecule has 0 saturated heterocycles. The fraction of sp³-hybridized carbons (Fsp3) is 0.207. The average Bonchev–Trinajstić information content (AvgIpc) is 3.38. The average molecular weight is 498 g/mol. The van der Waals surface area contributed by atoms with Gasteiger partial charge < -0.3 is 15.0 Å². The van der Waals surface area contributed by atoms with Crippen molar-refractivity contribution < 1.29 is 14.3 Å². The molecule has 6 nitrogen and oxygen atoms in total. The van der Waals surface area contributed by atoms with E-state index < -0.39 is 0 Å². The maximum atomic E-state index is 13.1. The van der Waals surface area contributed by atoms with Gasteiger partial charge in [-0.15, -0.1) is 11.3 Å². The van der Waals surface area contributed by atoms with Crippen molar-refractivity contribution in [1.82, 2.24) is 4.98 Å². The highest BCUT2D eigenvalue weighted by Crippen LogP contribution is 2.37. The Kier molecular flexibility index (Phi) is 7.09. The van der Waals surface area contributed by atoms with Crippen molar-refractivity contribution in [3.63, 3.8) is 0 Å². The quantitative estimate of drug-likeness (QED) is 0.319. The summed E-state index contributed by atoms with van der Waals surface area (Å²) in [5.74, 6) is 0.518. The molecular formula is C29H27N3O3S. The van der Waals surface area contributed by atoms with Gasteiger partial charge in [-0.25, -0.2) is 4.98 Å². The van der Waals surface area contributed by atoms with Gasteiger partial charge in [0.25, 0.3) is 5.91 Å². The zero-order chi connectivity index (χ0) is 24.9. The van der Waals surface area contributed by atoms with Gasteiger partial charge in [0.05, 0.1) is 11.4 Å². The Bertz CT molecular complexity index is 1320. The zero-order valence-corrected chi connectivity index (χ0v) is 20.8. The summed E-state index contributed by atoms with van der Waals surface area (Å²) in [6, 6.07) is 25.9. The first-order valence-electron chi connectivity index (χ1n) is 12.0. The lowest BCUT2D eigenvalue weighted by Crippen LogP contribution is -2.39. The van der Waals surface area contributed by atoms with Crippen LogP contribution in [0.4, 0.5) is 10.8 Å². The van der Waals surface area contributed by atoms with Gasteiger partial charge in [0.1, 0.15) is 5.75 Å². The Labute approximate surface area is 214 Å². The third-order valence-corrected chi connectivity index (χ3v) is 6.95. The summed E-state index contributed by atoms with van der Waals surface area (Å²) in [7, 11) is 0. The van der Waals surface area contributed by atoms with Crippen LogP contribution in [0.2, 0.25) is 0 Å². The Balaban J connectivity index is 1.33. The minimum absolute atomic E-state index is 0.0425. The number of amides is 2. The molecule has 0 radical (unpaired) electrons. The molecule has 1 aliphatic rings. The van der Waals surface area contributed by atoms with Gasteiger partial charge in [0.15, 0.2) is 11.7 Å². The summed E-state index contributed by atoms with van der Waals surface area (Å²) >= 11 is 1.39. The first kappa shape index (κ1) is 23.8. The van der Waals surface area contributed by atoms with Crippen molar-refractivity contribution in [3.8, 4) is 17.0 Å². The van der Waals surface area contributed by atoms with E-state index in [1.54, 1.807) is 4.90 Å². The molecule has 4 aromatic rings. The summed E-state index contributed by atoms with van der Waals surface area (Å²) < 4.78 is 5.60. The number of carbonyl (C=O) groups is 2. The fourth-order valence-corrected chi connectivity index (χ4v) is 5.18. The van der Waals surface area contributed by atoms with Crippen molar-refractivity contribution in [2.45, 2.75) is 25.7 Å². The van der Waals surface area contributed by atoms with E-state index in [1.807, 2.05) is 66.9 Å². The van der Waals surface area contributed by atoms with Crippen LogP contribution in [-0.4, -0.2) is 29.9 Å². The smallest absolute Gasteiger partial charge is 0.265 e. The second kappa shape index (κ2) is 10.7. The summed E-state index contributed by atoms with van der Waals surface area (Å²) in [6.07, 6.45) is 1.17. The van der Waals surface area contributed by atoms with Crippen LogP contribution in [0.3, 0.4) is 0 Å². The van der Waals surface area contributed by atoms with Gasteiger partial charge >= 0.3 is 0 Å². The number of anilines is 2. The van der Waals surface area contributed by atoms with Crippen molar-refractivity contribution in [2.24, 2.45) is 0 Å². The number of thiazole rings is 1. The van der Waals surface area contributed by atoms with Crippen molar-refractivity contribution >= 4 is 34.0 Å². The molecule has 1 aromatic heterocycles. The van der Waals surface area contributed by atoms with E-state index in [4.69, 9.17) is 4.74 Å². The largest absolute Gasteiger partial charge is 0.482 e. The molecule has 2 heterocycles. The molecule has 0 saturated carbocycles. The molecule has 0 bridgehead atoms. The monoisotopic (exact) mass is 497 g/mol. The number of benzene rings is 3. The Hall–Kier alpha value is -3.97. The number of fused-ring (bicyclic) bond motifs is 1. The second-order valence-electron chi connectivity index (χ2n) is 8.68. The SMILES string of the molecule is CCCN1C(=O)COc2ccc(-c3csc(NC(=O)CC(c4ccccc4)c4ccccc4)n3)cc21. The third kappa shape index (κ3) is 5.16. The molecule has 0 aliphatic carbocycles. The Morgan fingerprint density at radius 1 is 1.06 bits per heavy atom. The van der Waals surface area contributed by atoms with E-state index in [0.717, 1.165) is 34.5 Å². The van der Waals surface area contributed by atoms with Crippen molar-refractivity contribution in [3.05, 3.63) is 95.4 Å². The molecule has 182 valence electrons. The standard InChI is InChI=1S/C29H27N3O3S/c1-2-15-32-25-16-22(13-14-26(25)35-18-28(32)34)24-19-36-29(30-24)31-27(33)17-23(20-9-5-3-6-10-20)21-11-7-4-8-12-21/h3-14,16,19,23H,2,15,17-18H2,1H3,(H,30,31,33). The molecule has 0 unspecified atom stereocenters. The molecule has 0 fully saturated rings. The normalized spacial score (nSPS) is 12.8. The lowest BCUT2D eigenvalue weighted by atomic mass is 9.88. The highest BCUT2D eigenvalue weighted by atomic mass is 32.1. The van der Waals surface area contributed by atoms with E-state index >= 15 is 0 Å². The number of hydrogen-bond acceptors (Lipinski definition) is 5. The summed E-state index contributed by atoms with van der Waals surface area (Å²) in [5.41, 5.74) is 4.58.